The molecule has 0 aliphatic heterocycles. The zero-order valence-corrected chi connectivity index (χ0v) is 16.0. The van der Waals surface area contributed by atoms with Gasteiger partial charge in [0.1, 0.15) is 23.9 Å². The molecule has 0 saturated carbocycles. The van der Waals surface area contributed by atoms with Gasteiger partial charge in [-0.3, -0.25) is 9.59 Å². The van der Waals surface area contributed by atoms with Crippen LogP contribution in [0.2, 0.25) is 0 Å². The molecule has 1 heterocycles. The summed E-state index contributed by atoms with van der Waals surface area (Å²) in [7, 11) is 1.53. The minimum Gasteiger partial charge on any atom is -0.497 e. The number of fused-ring (bicyclic) bond motifs is 1. The van der Waals surface area contributed by atoms with Gasteiger partial charge in [0.05, 0.1) is 7.11 Å². The van der Waals surface area contributed by atoms with Crippen LogP contribution in [0.4, 0.5) is 5.69 Å². The van der Waals surface area contributed by atoms with E-state index < -0.39 is 11.9 Å². The van der Waals surface area contributed by atoms with Crippen molar-refractivity contribution in [3.05, 3.63) is 65.4 Å². The Hall–Kier alpha value is -4.05. The Bertz CT molecular complexity index is 1170. The Balaban J connectivity index is 1.97. The average Bonchev–Trinajstić information content (AvgIpc) is 3.04. The fraction of sp³-hybridized carbons (Fsp3) is 0.136. The lowest BCUT2D eigenvalue weighted by Gasteiger charge is -2.09. The number of benzene rings is 2. The number of carbonyl (C=O) groups is 2. The molecule has 0 atom stereocenters. The molecule has 0 fully saturated rings. The quantitative estimate of drug-likeness (QED) is 0.495. The maximum Gasteiger partial charge on any atom is 0.323 e. The number of carbonyl (C=O) groups excluding carboxylic acids is 1. The SMILES string of the molecule is COc1ccc(C)c(NC(=O)C(C#N)=Cc2cn(CC(=O)O)c3ccccc23)c1. The van der Waals surface area contributed by atoms with Crippen LogP contribution in [0.15, 0.2) is 54.2 Å². The highest BCUT2D eigenvalue weighted by Gasteiger charge is 2.14. The molecule has 0 aliphatic rings. The molecule has 0 saturated heterocycles. The Morgan fingerprint density at radius 2 is 2.03 bits per heavy atom. The third-order valence-electron chi connectivity index (χ3n) is 4.48. The lowest BCUT2D eigenvalue weighted by Crippen LogP contribution is -2.14. The molecule has 1 amide bonds. The number of hydrogen-bond acceptors (Lipinski definition) is 4. The van der Waals surface area contributed by atoms with Gasteiger partial charge in [-0.2, -0.15) is 5.26 Å². The number of ether oxygens (including phenoxy) is 1. The van der Waals surface area contributed by atoms with Crippen molar-refractivity contribution >= 4 is 34.5 Å². The maximum atomic E-state index is 12.7. The van der Waals surface area contributed by atoms with Gasteiger partial charge in [-0.1, -0.05) is 24.3 Å². The first-order valence-corrected chi connectivity index (χ1v) is 8.80. The number of amides is 1. The summed E-state index contributed by atoms with van der Waals surface area (Å²) >= 11 is 0. The average molecular weight is 389 g/mol. The van der Waals surface area contributed by atoms with Crippen molar-refractivity contribution in [3.63, 3.8) is 0 Å². The summed E-state index contributed by atoms with van der Waals surface area (Å²) in [6, 6.07) is 14.4. The largest absolute Gasteiger partial charge is 0.497 e. The molecule has 0 radical (unpaired) electrons. The molecule has 146 valence electrons. The molecule has 0 spiro atoms. The number of rotatable bonds is 6. The second kappa shape index (κ2) is 8.31. The standard InChI is InChI=1S/C22H19N3O4/c1-14-7-8-17(29-2)10-19(14)24-22(28)15(11-23)9-16-12-25(13-21(26)27)20-6-4-3-5-18(16)20/h3-10,12H,13H2,1-2H3,(H,24,28)(H,26,27). The minimum atomic E-state index is -0.979. The van der Waals surface area contributed by atoms with Crippen LogP contribution in [0.3, 0.4) is 0 Å². The number of carboxylic acid groups (broad SMARTS) is 1. The third-order valence-corrected chi connectivity index (χ3v) is 4.48. The van der Waals surface area contributed by atoms with E-state index in [1.165, 1.54) is 13.2 Å². The highest BCUT2D eigenvalue weighted by Crippen LogP contribution is 2.25. The molecule has 2 N–H and O–H groups in total. The van der Waals surface area contributed by atoms with Gasteiger partial charge in [0, 0.05) is 34.4 Å². The Morgan fingerprint density at radius 3 is 2.72 bits per heavy atom. The van der Waals surface area contributed by atoms with Crippen LogP contribution in [0, 0.1) is 18.3 Å². The molecule has 29 heavy (non-hydrogen) atoms. The first-order chi connectivity index (χ1) is 13.9. The normalized spacial score (nSPS) is 11.1. The number of methoxy groups -OCH3 is 1. The van der Waals surface area contributed by atoms with Gasteiger partial charge in [0.2, 0.25) is 0 Å². The Morgan fingerprint density at radius 1 is 1.28 bits per heavy atom. The number of nitrogens with zero attached hydrogens (tertiary/aromatic N) is 2. The number of aromatic nitrogens is 1. The van der Waals surface area contributed by atoms with Crippen LogP contribution in [0.1, 0.15) is 11.1 Å². The molecule has 7 heteroatoms. The zero-order chi connectivity index (χ0) is 21.0. The van der Waals surface area contributed by atoms with E-state index in [1.54, 1.807) is 35.0 Å². The highest BCUT2D eigenvalue weighted by atomic mass is 16.5. The molecule has 7 nitrogen and oxygen atoms in total. The second-order valence-electron chi connectivity index (χ2n) is 6.43. The zero-order valence-electron chi connectivity index (χ0n) is 16.0. The molecule has 1 aromatic heterocycles. The fourth-order valence-electron chi connectivity index (χ4n) is 3.02. The van der Waals surface area contributed by atoms with Gasteiger partial charge < -0.3 is 19.7 Å². The minimum absolute atomic E-state index is 0.0922. The molecule has 0 bridgehead atoms. The van der Waals surface area contributed by atoms with Crippen molar-refractivity contribution in [3.8, 4) is 11.8 Å². The first kappa shape index (κ1) is 19.7. The number of aryl methyl sites for hydroxylation is 1. The van der Waals surface area contributed by atoms with E-state index in [9.17, 15) is 14.9 Å². The molecular formula is C22H19N3O4. The Kier molecular flexibility index (Phi) is 5.65. The van der Waals surface area contributed by atoms with E-state index in [2.05, 4.69) is 5.32 Å². The molecular weight excluding hydrogens is 370 g/mol. The van der Waals surface area contributed by atoms with Crippen molar-refractivity contribution in [2.45, 2.75) is 13.5 Å². The van der Waals surface area contributed by atoms with Crippen molar-refractivity contribution in [2.75, 3.05) is 12.4 Å². The second-order valence-corrected chi connectivity index (χ2v) is 6.43. The fourth-order valence-corrected chi connectivity index (χ4v) is 3.02. The van der Waals surface area contributed by atoms with Crippen molar-refractivity contribution in [1.82, 2.24) is 4.57 Å². The van der Waals surface area contributed by atoms with Gasteiger partial charge in [-0.15, -0.1) is 0 Å². The summed E-state index contributed by atoms with van der Waals surface area (Å²) in [6.45, 7) is 1.62. The van der Waals surface area contributed by atoms with E-state index in [4.69, 9.17) is 9.84 Å². The van der Waals surface area contributed by atoms with E-state index in [-0.39, 0.29) is 12.1 Å². The summed E-state index contributed by atoms with van der Waals surface area (Å²) in [5, 5.41) is 22.1. The number of para-hydroxylation sites is 1. The first-order valence-electron chi connectivity index (χ1n) is 8.80. The van der Waals surface area contributed by atoms with Crippen LogP contribution in [0.5, 0.6) is 5.75 Å². The number of hydrogen-bond donors (Lipinski definition) is 2. The number of anilines is 1. The predicted octanol–water partition coefficient (Wildman–Crippen LogP) is 3.59. The number of nitriles is 1. The molecule has 2 aromatic carbocycles. The Labute approximate surface area is 167 Å². The maximum absolute atomic E-state index is 12.7. The van der Waals surface area contributed by atoms with Crippen LogP contribution in [-0.4, -0.2) is 28.7 Å². The number of nitrogens with one attached hydrogen (secondary N) is 1. The summed E-state index contributed by atoms with van der Waals surface area (Å²) in [5.41, 5.74) is 2.59. The highest BCUT2D eigenvalue weighted by molar-refractivity contribution is 6.11. The van der Waals surface area contributed by atoms with Crippen LogP contribution >= 0.6 is 0 Å². The van der Waals surface area contributed by atoms with E-state index in [0.29, 0.717) is 22.5 Å². The van der Waals surface area contributed by atoms with Crippen LogP contribution in [0.25, 0.3) is 17.0 Å². The third kappa shape index (κ3) is 4.28. The summed E-state index contributed by atoms with van der Waals surface area (Å²) in [4.78, 5) is 23.8. The van der Waals surface area contributed by atoms with Gasteiger partial charge in [0.15, 0.2) is 0 Å². The molecule has 0 aliphatic carbocycles. The number of aliphatic carboxylic acids is 1. The predicted molar refractivity (Wildman–Crippen MR) is 110 cm³/mol. The van der Waals surface area contributed by atoms with Crippen molar-refractivity contribution in [1.29, 1.82) is 5.26 Å². The summed E-state index contributed by atoms with van der Waals surface area (Å²) in [5.74, 6) is -0.947. The van der Waals surface area contributed by atoms with Gasteiger partial charge in [-0.05, 0) is 30.7 Å². The van der Waals surface area contributed by atoms with Crippen molar-refractivity contribution in [2.24, 2.45) is 0 Å². The van der Waals surface area contributed by atoms with Crippen molar-refractivity contribution < 1.29 is 19.4 Å². The van der Waals surface area contributed by atoms with E-state index >= 15 is 0 Å². The summed E-state index contributed by atoms with van der Waals surface area (Å²) < 4.78 is 6.75. The topological polar surface area (TPSA) is 104 Å². The van der Waals surface area contributed by atoms with Gasteiger partial charge in [-0.25, -0.2) is 0 Å². The molecule has 3 rings (SSSR count). The monoisotopic (exact) mass is 389 g/mol. The molecule has 0 unspecified atom stereocenters. The van der Waals surface area contributed by atoms with Crippen LogP contribution < -0.4 is 10.1 Å². The van der Waals surface area contributed by atoms with E-state index in [1.807, 2.05) is 31.2 Å². The number of carboxylic acids is 1. The van der Waals surface area contributed by atoms with Gasteiger partial charge >= 0.3 is 5.97 Å². The summed E-state index contributed by atoms with van der Waals surface area (Å²) in [6.07, 6.45) is 3.09. The molecule has 3 aromatic rings. The lowest BCUT2D eigenvalue weighted by molar-refractivity contribution is -0.137. The van der Waals surface area contributed by atoms with E-state index in [0.717, 1.165) is 10.9 Å². The smallest absolute Gasteiger partial charge is 0.323 e. The van der Waals surface area contributed by atoms with Gasteiger partial charge in [0.25, 0.3) is 5.91 Å². The van der Waals surface area contributed by atoms with Crippen LogP contribution in [-0.2, 0) is 16.1 Å². The lowest BCUT2D eigenvalue weighted by atomic mass is 10.1.